The number of methoxy groups -OCH3 is 1. The first-order valence-corrected chi connectivity index (χ1v) is 10.0. The Hall–Kier alpha value is -2.73. The molecule has 0 aliphatic carbocycles. The number of para-hydroxylation sites is 1. The first-order valence-electron chi connectivity index (χ1n) is 9.64. The first-order chi connectivity index (χ1) is 14.0. The van der Waals surface area contributed by atoms with Crippen LogP contribution in [0.5, 0.6) is 11.5 Å². The SMILES string of the molecule is CCc1ccccc1OCC(=O)N1CCN(C(=O)c2cc(Cl)ccc2OC)CC1. The Labute approximate surface area is 176 Å². The molecule has 1 aliphatic rings. The lowest BCUT2D eigenvalue weighted by molar-refractivity contribution is -0.134. The van der Waals surface area contributed by atoms with Gasteiger partial charge in [0.2, 0.25) is 0 Å². The third kappa shape index (κ3) is 5.01. The predicted octanol–water partition coefficient (Wildman–Crippen LogP) is 3.27. The molecular weight excluding hydrogens is 392 g/mol. The Morgan fingerprint density at radius 3 is 2.38 bits per heavy atom. The Kier molecular flexibility index (Phi) is 6.99. The number of ether oxygens (including phenoxy) is 2. The van der Waals surface area contributed by atoms with Crippen molar-refractivity contribution in [2.24, 2.45) is 0 Å². The van der Waals surface area contributed by atoms with Gasteiger partial charge >= 0.3 is 0 Å². The van der Waals surface area contributed by atoms with E-state index < -0.39 is 0 Å². The van der Waals surface area contributed by atoms with Crippen molar-refractivity contribution in [2.75, 3.05) is 39.9 Å². The Balaban J connectivity index is 1.55. The number of amides is 2. The topological polar surface area (TPSA) is 59.1 Å². The van der Waals surface area contributed by atoms with Crippen LogP contribution in [0.2, 0.25) is 5.02 Å². The number of carbonyl (C=O) groups is 2. The third-order valence-electron chi connectivity index (χ3n) is 5.02. The standard InChI is InChI=1S/C22H25ClN2O4/c1-3-16-6-4-5-7-19(16)29-15-21(26)24-10-12-25(13-11-24)22(27)18-14-17(23)8-9-20(18)28-2/h4-9,14H,3,10-13,15H2,1-2H3. The Morgan fingerprint density at radius 2 is 1.69 bits per heavy atom. The molecule has 0 radical (unpaired) electrons. The molecular formula is C22H25ClN2O4. The summed E-state index contributed by atoms with van der Waals surface area (Å²) in [6, 6.07) is 12.7. The maximum absolute atomic E-state index is 12.8. The zero-order chi connectivity index (χ0) is 20.8. The maximum Gasteiger partial charge on any atom is 0.260 e. The number of hydrogen-bond donors (Lipinski definition) is 0. The molecule has 3 rings (SSSR count). The molecule has 1 fully saturated rings. The van der Waals surface area contributed by atoms with Gasteiger partial charge in [-0.05, 0) is 36.2 Å². The van der Waals surface area contributed by atoms with Crippen molar-refractivity contribution in [3.8, 4) is 11.5 Å². The molecule has 0 aromatic heterocycles. The van der Waals surface area contributed by atoms with Gasteiger partial charge in [-0.25, -0.2) is 0 Å². The highest BCUT2D eigenvalue weighted by Crippen LogP contribution is 2.24. The minimum atomic E-state index is -0.149. The lowest BCUT2D eigenvalue weighted by Gasteiger charge is -2.35. The molecule has 29 heavy (non-hydrogen) atoms. The van der Waals surface area contributed by atoms with Gasteiger partial charge in [0.15, 0.2) is 6.61 Å². The summed E-state index contributed by atoms with van der Waals surface area (Å²) < 4.78 is 11.0. The number of aryl methyl sites for hydroxylation is 1. The van der Waals surface area contributed by atoms with Gasteiger partial charge in [0.25, 0.3) is 11.8 Å². The second kappa shape index (κ2) is 9.65. The number of benzene rings is 2. The zero-order valence-corrected chi connectivity index (χ0v) is 17.4. The highest BCUT2D eigenvalue weighted by atomic mass is 35.5. The van der Waals surface area contributed by atoms with Crippen LogP contribution < -0.4 is 9.47 Å². The zero-order valence-electron chi connectivity index (χ0n) is 16.7. The van der Waals surface area contributed by atoms with Crippen LogP contribution in [-0.2, 0) is 11.2 Å². The van der Waals surface area contributed by atoms with E-state index in [4.69, 9.17) is 21.1 Å². The maximum atomic E-state index is 12.8. The van der Waals surface area contributed by atoms with Gasteiger partial charge in [-0.2, -0.15) is 0 Å². The van der Waals surface area contributed by atoms with Crippen molar-refractivity contribution in [1.29, 1.82) is 0 Å². The molecule has 0 spiro atoms. The van der Waals surface area contributed by atoms with E-state index in [1.54, 1.807) is 28.0 Å². The number of halogens is 1. The number of carbonyl (C=O) groups excluding carboxylic acids is 2. The van der Waals surface area contributed by atoms with Crippen LogP contribution in [0.1, 0.15) is 22.8 Å². The summed E-state index contributed by atoms with van der Waals surface area (Å²) in [4.78, 5) is 28.8. The molecule has 0 bridgehead atoms. The van der Waals surface area contributed by atoms with E-state index in [1.807, 2.05) is 24.3 Å². The van der Waals surface area contributed by atoms with Crippen LogP contribution in [0, 0.1) is 0 Å². The number of hydrogen-bond acceptors (Lipinski definition) is 4. The van der Waals surface area contributed by atoms with Gasteiger partial charge in [-0.3, -0.25) is 9.59 Å². The van der Waals surface area contributed by atoms with Crippen LogP contribution in [0.25, 0.3) is 0 Å². The largest absolute Gasteiger partial charge is 0.496 e. The summed E-state index contributed by atoms with van der Waals surface area (Å²) >= 11 is 6.04. The molecule has 1 aliphatic heterocycles. The van der Waals surface area contributed by atoms with Crippen LogP contribution >= 0.6 is 11.6 Å². The molecule has 0 N–H and O–H groups in total. The van der Waals surface area contributed by atoms with Gasteiger partial charge in [0.1, 0.15) is 11.5 Å². The fourth-order valence-electron chi connectivity index (χ4n) is 3.34. The first kappa shape index (κ1) is 21.0. The monoisotopic (exact) mass is 416 g/mol. The van der Waals surface area contributed by atoms with Crippen molar-refractivity contribution in [3.05, 3.63) is 58.6 Å². The molecule has 7 heteroatoms. The molecule has 1 saturated heterocycles. The molecule has 0 atom stereocenters. The van der Waals surface area contributed by atoms with Gasteiger partial charge < -0.3 is 19.3 Å². The highest BCUT2D eigenvalue weighted by Gasteiger charge is 2.26. The Bertz CT molecular complexity index is 879. The molecule has 2 aromatic rings. The molecule has 1 heterocycles. The van der Waals surface area contributed by atoms with E-state index >= 15 is 0 Å². The molecule has 0 saturated carbocycles. The van der Waals surface area contributed by atoms with Crippen molar-refractivity contribution in [3.63, 3.8) is 0 Å². The fraction of sp³-hybridized carbons (Fsp3) is 0.364. The van der Waals surface area contributed by atoms with E-state index in [-0.39, 0.29) is 18.4 Å². The van der Waals surface area contributed by atoms with Crippen LogP contribution in [-0.4, -0.2) is 61.5 Å². The van der Waals surface area contributed by atoms with Gasteiger partial charge in [0, 0.05) is 31.2 Å². The third-order valence-corrected chi connectivity index (χ3v) is 5.25. The lowest BCUT2D eigenvalue weighted by atomic mass is 10.1. The van der Waals surface area contributed by atoms with Crippen molar-refractivity contribution in [2.45, 2.75) is 13.3 Å². The molecule has 0 unspecified atom stereocenters. The number of rotatable bonds is 6. The quantitative estimate of drug-likeness (QED) is 0.725. The number of piperazine rings is 1. The highest BCUT2D eigenvalue weighted by molar-refractivity contribution is 6.31. The van der Waals surface area contributed by atoms with Gasteiger partial charge in [-0.15, -0.1) is 0 Å². The summed E-state index contributed by atoms with van der Waals surface area (Å²) in [5.41, 5.74) is 1.51. The van der Waals surface area contributed by atoms with Crippen LogP contribution in [0.4, 0.5) is 0 Å². The van der Waals surface area contributed by atoms with E-state index in [2.05, 4.69) is 6.92 Å². The van der Waals surface area contributed by atoms with E-state index in [1.165, 1.54) is 7.11 Å². The molecule has 2 amide bonds. The predicted molar refractivity (Wildman–Crippen MR) is 112 cm³/mol. The van der Waals surface area contributed by atoms with Crippen molar-refractivity contribution < 1.29 is 19.1 Å². The minimum absolute atomic E-state index is 0.00687. The van der Waals surface area contributed by atoms with E-state index in [0.29, 0.717) is 42.5 Å². The summed E-state index contributed by atoms with van der Waals surface area (Å²) in [6.45, 7) is 3.87. The molecule has 154 valence electrons. The van der Waals surface area contributed by atoms with E-state index in [0.717, 1.165) is 17.7 Å². The average molecular weight is 417 g/mol. The Morgan fingerprint density at radius 1 is 1.00 bits per heavy atom. The smallest absolute Gasteiger partial charge is 0.260 e. The van der Waals surface area contributed by atoms with Crippen molar-refractivity contribution >= 4 is 23.4 Å². The lowest BCUT2D eigenvalue weighted by Crippen LogP contribution is -2.51. The summed E-state index contributed by atoms with van der Waals surface area (Å²) in [6.07, 6.45) is 0.845. The van der Waals surface area contributed by atoms with Gasteiger partial charge in [0.05, 0.1) is 12.7 Å². The minimum Gasteiger partial charge on any atom is -0.496 e. The van der Waals surface area contributed by atoms with Crippen LogP contribution in [0.3, 0.4) is 0 Å². The second-order valence-corrected chi connectivity index (χ2v) is 7.20. The van der Waals surface area contributed by atoms with E-state index in [9.17, 15) is 9.59 Å². The summed E-state index contributed by atoms with van der Waals surface area (Å²) in [5, 5.41) is 0.479. The average Bonchev–Trinajstić information content (AvgIpc) is 2.77. The van der Waals surface area contributed by atoms with Crippen molar-refractivity contribution in [1.82, 2.24) is 9.80 Å². The summed E-state index contributed by atoms with van der Waals surface area (Å²) in [7, 11) is 1.52. The normalized spacial score (nSPS) is 13.9. The van der Waals surface area contributed by atoms with Gasteiger partial charge in [-0.1, -0.05) is 36.7 Å². The second-order valence-electron chi connectivity index (χ2n) is 6.77. The van der Waals surface area contributed by atoms with Crippen LogP contribution in [0.15, 0.2) is 42.5 Å². The molecule has 2 aromatic carbocycles. The number of nitrogens with zero attached hydrogens (tertiary/aromatic N) is 2. The molecule has 6 nitrogen and oxygen atoms in total. The summed E-state index contributed by atoms with van der Waals surface area (Å²) in [5.74, 6) is 0.999. The fourth-order valence-corrected chi connectivity index (χ4v) is 3.52.